The van der Waals surface area contributed by atoms with Crippen molar-refractivity contribution >= 4 is 34.8 Å². The maximum Gasteiger partial charge on any atom is 0.268 e. The maximum absolute atomic E-state index is 8.22. The smallest absolute Gasteiger partial charge is 0.268 e. The first-order chi connectivity index (χ1) is 7.40. The van der Waals surface area contributed by atoms with Crippen LogP contribution in [0, 0.1) is 0 Å². The zero-order chi connectivity index (χ0) is 12.3. The number of halogens is 3. The molecule has 0 fully saturated rings. The van der Waals surface area contributed by atoms with E-state index in [9.17, 15) is 0 Å². The highest BCUT2D eigenvalue weighted by molar-refractivity contribution is 6.67. The van der Waals surface area contributed by atoms with Crippen LogP contribution in [0.4, 0.5) is 0 Å². The lowest BCUT2D eigenvalue weighted by atomic mass is 10.3. The molecule has 0 aromatic heterocycles. The second-order valence-electron chi connectivity index (χ2n) is 3.04. The van der Waals surface area contributed by atoms with E-state index in [0.29, 0.717) is 0 Å². The summed E-state index contributed by atoms with van der Waals surface area (Å²) in [4.78, 5) is 0. The quantitative estimate of drug-likeness (QED) is 0.681. The molecule has 2 rings (SSSR count). The zero-order valence-corrected chi connectivity index (χ0v) is 11.0. The average molecular weight is 286 g/mol. The van der Waals surface area contributed by atoms with Gasteiger partial charge >= 0.3 is 0 Å². The number of hydrogen-bond acceptors (Lipinski definition) is 3. The number of benzene rings is 1. The summed E-state index contributed by atoms with van der Waals surface area (Å²) in [5.74, 6) is 0. The molecular formula is C10H11Cl3O3. The fourth-order valence-corrected chi connectivity index (χ4v) is 1.59. The molecule has 0 aromatic rings. The molecule has 0 spiro atoms. The number of fused-ring (bicyclic) bond motifs is 1. The third-order valence-corrected chi connectivity index (χ3v) is 2.57. The molecule has 0 radical (unpaired) electrons. The van der Waals surface area contributed by atoms with E-state index in [2.05, 4.69) is 9.47 Å². The van der Waals surface area contributed by atoms with Gasteiger partial charge in [0.1, 0.15) is 0 Å². The highest BCUT2D eigenvalue weighted by Crippen LogP contribution is 2.49. The fourth-order valence-electron chi connectivity index (χ4n) is 1.10. The van der Waals surface area contributed by atoms with E-state index in [0.717, 1.165) is 11.1 Å². The number of rotatable bonds is 2. The Hall–Kier alpha value is -0.0300. The molecule has 0 unspecified atom stereocenters. The van der Waals surface area contributed by atoms with Crippen LogP contribution in [-0.4, -0.2) is 25.8 Å². The number of methoxy groups -OCH3 is 2. The van der Waals surface area contributed by atoms with Crippen molar-refractivity contribution in [2.24, 2.45) is 0 Å². The van der Waals surface area contributed by atoms with Crippen LogP contribution in [0.1, 0.15) is 5.56 Å². The standard InChI is InChI=1S/C7H3Cl3.C3H8O3/c8-7(9,10)6-2-1-4-3-5(4)6;1-5-3(4)6-2/h1-3H;3-4H,1-2H3. The molecule has 0 aromatic carbocycles. The van der Waals surface area contributed by atoms with Gasteiger partial charge in [0.2, 0.25) is 3.79 Å². The molecule has 16 heavy (non-hydrogen) atoms. The molecule has 0 saturated carbocycles. The summed E-state index contributed by atoms with van der Waals surface area (Å²) in [6.07, 6.45) is 0. The van der Waals surface area contributed by atoms with Crippen LogP contribution in [0.2, 0.25) is 0 Å². The van der Waals surface area contributed by atoms with Gasteiger partial charge in [-0.05, 0) is 17.2 Å². The minimum atomic E-state index is -1.25. The van der Waals surface area contributed by atoms with Gasteiger partial charge in [0.25, 0.3) is 6.48 Å². The van der Waals surface area contributed by atoms with Gasteiger partial charge in [-0.1, -0.05) is 46.9 Å². The van der Waals surface area contributed by atoms with E-state index < -0.39 is 10.3 Å². The molecular weight excluding hydrogens is 274 g/mol. The number of alkyl halides is 3. The minimum Gasteiger partial charge on any atom is -0.346 e. The van der Waals surface area contributed by atoms with E-state index in [-0.39, 0.29) is 0 Å². The van der Waals surface area contributed by atoms with Gasteiger partial charge in [0, 0.05) is 19.8 Å². The van der Waals surface area contributed by atoms with Crippen molar-refractivity contribution in [3.8, 4) is 11.1 Å². The van der Waals surface area contributed by atoms with Crippen molar-refractivity contribution in [3.63, 3.8) is 0 Å². The first-order valence-corrected chi connectivity index (χ1v) is 5.48. The van der Waals surface area contributed by atoms with Gasteiger partial charge in [0.15, 0.2) is 0 Å². The Kier molecular flexibility index (Phi) is 4.86. The summed E-state index contributed by atoms with van der Waals surface area (Å²) in [5.41, 5.74) is 3.09. The van der Waals surface area contributed by atoms with Gasteiger partial charge < -0.3 is 14.6 Å². The van der Waals surface area contributed by atoms with Crippen LogP contribution in [0.5, 0.6) is 0 Å². The molecule has 0 bridgehead atoms. The van der Waals surface area contributed by atoms with Crippen molar-refractivity contribution in [2.75, 3.05) is 14.2 Å². The Balaban J connectivity index is 0.000000187. The Morgan fingerprint density at radius 2 is 1.75 bits per heavy atom. The number of aliphatic hydroxyl groups excluding tert-OH is 1. The SMILES string of the molecule is COC(O)OC.ClC(Cl)(Cl)c1ccc2cc1-2. The Bertz CT molecular complexity index is 359. The zero-order valence-electron chi connectivity index (χ0n) is 8.71. The largest absolute Gasteiger partial charge is 0.346 e. The minimum absolute atomic E-state index is 0.799. The third kappa shape index (κ3) is 3.77. The van der Waals surface area contributed by atoms with Gasteiger partial charge in [-0.15, -0.1) is 0 Å². The molecule has 0 saturated heterocycles. The summed E-state index contributed by atoms with van der Waals surface area (Å²) in [7, 11) is 2.71. The molecule has 0 aliphatic heterocycles. The summed E-state index contributed by atoms with van der Waals surface area (Å²) >= 11 is 16.9. The monoisotopic (exact) mass is 284 g/mol. The molecule has 0 heterocycles. The Labute approximate surface area is 109 Å². The predicted molar refractivity (Wildman–Crippen MR) is 64.7 cm³/mol. The molecule has 0 atom stereocenters. The summed E-state index contributed by atoms with van der Waals surface area (Å²) in [5, 5.41) is 8.22. The lowest BCUT2D eigenvalue weighted by Crippen LogP contribution is -2.09. The van der Waals surface area contributed by atoms with Crippen LogP contribution in [-0.2, 0) is 13.3 Å². The van der Waals surface area contributed by atoms with Gasteiger partial charge in [-0.25, -0.2) is 0 Å². The van der Waals surface area contributed by atoms with Crippen LogP contribution in [0.25, 0.3) is 11.1 Å². The topological polar surface area (TPSA) is 38.7 Å². The normalized spacial score (nSPS) is 12.2. The number of aliphatic hydroxyl groups is 1. The second-order valence-corrected chi connectivity index (χ2v) is 5.32. The van der Waals surface area contributed by atoms with Crippen LogP contribution >= 0.6 is 34.8 Å². The highest BCUT2D eigenvalue weighted by Gasteiger charge is 2.31. The maximum atomic E-state index is 8.22. The Morgan fingerprint density at radius 3 is 1.88 bits per heavy atom. The van der Waals surface area contributed by atoms with Crippen molar-refractivity contribution in [1.29, 1.82) is 0 Å². The fraction of sp³-hybridized carbons (Fsp3) is 0.400. The van der Waals surface area contributed by atoms with Crippen molar-refractivity contribution < 1.29 is 14.6 Å². The van der Waals surface area contributed by atoms with Gasteiger partial charge in [0.05, 0.1) is 0 Å². The van der Waals surface area contributed by atoms with Crippen molar-refractivity contribution in [1.82, 2.24) is 0 Å². The summed E-state index contributed by atoms with van der Waals surface area (Å²) < 4.78 is 7.22. The molecule has 90 valence electrons. The number of hydrogen-bond donors (Lipinski definition) is 1. The molecule has 0 amide bonds. The average Bonchev–Trinajstić information content (AvgIpc) is 2.86. The first kappa shape index (κ1) is 14.0. The lowest BCUT2D eigenvalue weighted by Gasteiger charge is -2.07. The second kappa shape index (κ2) is 5.54. The lowest BCUT2D eigenvalue weighted by molar-refractivity contribution is -0.236. The van der Waals surface area contributed by atoms with E-state index in [1.54, 1.807) is 0 Å². The third-order valence-electron chi connectivity index (χ3n) is 1.96. The predicted octanol–water partition coefficient (Wildman–Crippen LogP) is 3.05. The summed E-state index contributed by atoms with van der Waals surface area (Å²) in [6, 6.07) is 5.79. The molecule has 6 heteroatoms. The van der Waals surface area contributed by atoms with Crippen molar-refractivity contribution in [2.45, 2.75) is 10.3 Å². The number of ether oxygens (including phenoxy) is 2. The molecule has 1 N–H and O–H groups in total. The molecule has 2 aliphatic carbocycles. The molecule has 3 nitrogen and oxygen atoms in total. The van der Waals surface area contributed by atoms with Crippen LogP contribution in [0.3, 0.4) is 0 Å². The first-order valence-electron chi connectivity index (χ1n) is 4.35. The van der Waals surface area contributed by atoms with Gasteiger partial charge in [-0.3, -0.25) is 0 Å². The highest BCUT2D eigenvalue weighted by atomic mass is 35.6. The van der Waals surface area contributed by atoms with E-state index >= 15 is 0 Å². The van der Waals surface area contributed by atoms with E-state index in [4.69, 9.17) is 39.9 Å². The van der Waals surface area contributed by atoms with E-state index in [1.165, 1.54) is 19.8 Å². The van der Waals surface area contributed by atoms with Crippen molar-refractivity contribution in [3.05, 3.63) is 23.8 Å². The van der Waals surface area contributed by atoms with Crippen LogP contribution < -0.4 is 0 Å². The van der Waals surface area contributed by atoms with Gasteiger partial charge in [-0.2, -0.15) is 0 Å². The Morgan fingerprint density at radius 1 is 1.19 bits per heavy atom. The van der Waals surface area contributed by atoms with Crippen LogP contribution in [0.15, 0.2) is 18.2 Å². The molecule has 2 aliphatic rings. The summed E-state index contributed by atoms with van der Waals surface area (Å²) in [6.45, 7) is -1.06. The van der Waals surface area contributed by atoms with E-state index in [1.807, 2.05) is 18.2 Å².